The number of thiazole rings is 1. The van der Waals surface area contributed by atoms with Gasteiger partial charge in [0.1, 0.15) is 0 Å². The Kier molecular flexibility index (Phi) is 6.31. The van der Waals surface area contributed by atoms with E-state index in [0.29, 0.717) is 13.1 Å². The highest BCUT2D eigenvalue weighted by molar-refractivity contribution is 7.09. The fraction of sp³-hybridized carbons (Fsp3) is 0.688. The van der Waals surface area contributed by atoms with E-state index in [4.69, 9.17) is 10.7 Å². The number of hydrogen-bond acceptors (Lipinski definition) is 6. The van der Waals surface area contributed by atoms with Crippen LogP contribution >= 0.6 is 11.3 Å². The van der Waals surface area contributed by atoms with Crippen molar-refractivity contribution in [1.29, 1.82) is 0 Å². The molecule has 2 amide bonds. The molecular weight excluding hydrogens is 326 g/mol. The van der Waals surface area contributed by atoms with E-state index >= 15 is 0 Å². The largest absolute Gasteiger partial charge is 0.346 e. The smallest absolute Gasteiger partial charge is 0.242 e. The summed E-state index contributed by atoms with van der Waals surface area (Å²) in [6.45, 7) is 10.2. The zero-order valence-electron chi connectivity index (χ0n) is 14.7. The van der Waals surface area contributed by atoms with Crippen molar-refractivity contribution in [3.63, 3.8) is 0 Å². The minimum absolute atomic E-state index is 0.0249. The Balaban J connectivity index is 1.77. The van der Waals surface area contributed by atoms with Gasteiger partial charge in [0.15, 0.2) is 0 Å². The van der Waals surface area contributed by atoms with Crippen molar-refractivity contribution in [3.05, 3.63) is 16.1 Å². The molecule has 0 spiro atoms. The summed E-state index contributed by atoms with van der Waals surface area (Å²) in [5.41, 5.74) is 6.39. The summed E-state index contributed by atoms with van der Waals surface area (Å²) < 4.78 is 0. The lowest BCUT2D eigenvalue weighted by Crippen LogP contribution is -2.51. The van der Waals surface area contributed by atoms with Gasteiger partial charge in [0.05, 0.1) is 23.8 Å². The second-order valence-corrected chi connectivity index (χ2v) is 7.89. The molecule has 0 atom stereocenters. The molecule has 0 aliphatic carbocycles. The summed E-state index contributed by atoms with van der Waals surface area (Å²) in [6, 6.07) is 0. The molecule has 24 heavy (non-hydrogen) atoms. The third-order valence-electron chi connectivity index (χ3n) is 3.93. The van der Waals surface area contributed by atoms with E-state index in [-0.39, 0.29) is 30.3 Å². The van der Waals surface area contributed by atoms with Crippen LogP contribution < -0.4 is 11.1 Å². The molecule has 0 bridgehead atoms. The van der Waals surface area contributed by atoms with Crippen LogP contribution in [0.1, 0.15) is 31.5 Å². The number of aromatic nitrogens is 1. The van der Waals surface area contributed by atoms with E-state index in [2.05, 4.69) is 36.4 Å². The fourth-order valence-electron chi connectivity index (χ4n) is 2.47. The lowest BCUT2D eigenvalue weighted by Gasteiger charge is -2.34. The van der Waals surface area contributed by atoms with Gasteiger partial charge in [-0.15, -0.1) is 11.3 Å². The van der Waals surface area contributed by atoms with Gasteiger partial charge in [-0.1, -0.05) is 20.8 Å². The third-order valence-corrected chi connectivity index (χ3v) is 5.24. The number of amides is 2. The Morgan fingerprint density at radius 1 is 1.29 bits per heavy atom. The van der Waals surface area contributed by atoms with Crippen LogP contribution in [0.25, 0.3) is 0 Å². The van der Waals surface area contributed by atoms with Crippen LogP contribution in [0.5, 0.6) is 0 Å². The van der Waals surface area contributed by atoms with Crippen molar-refractivity contribution in [2.75, 3.05) is 39.3 Å². The van der Waals surface area contributed by atoms with Crippen LogP contribution in [0.15, 0.2) is 5.38 Å². The highest BCUT2D eigenvalue weighted by Gasteiger charge is 2.23. The Hall–Kier alpha value is -1.51. The van der Waals surface area contributed by atoms with Gasteiger partial charge in [-0.2, -0.15) is 0 Å². The average Bonchev–Trinajstić information content (AvgIpc) is 3.01. The monoisotopic (exact) mass is 353 g/mol. The predicted octanol–water partition coefficient (Wildman–Crippen LogP) is 0.160. The average molecular weight is 353 g/mol. The number of nitrogens with two attached hydrogens (primary N) is 1. The number of carbonyl (C=O) groups excluding carboxylic acids is 2. The molecule has 7 nitrogen and oxygen atoms in total. The summed E-state index contributed by atoms with van der Waals surface area (Å²) in [6.07, 6.45) is 0. The molecule has 1 aliphatic heterocycles. The van der Waals surface area contributed by atoms with Gasteiger partial charge in [-0.05, 0) is 0 Å². The molecule has 1 aromatic rings. The maximum absolute atomic E-state index is 12.0. The van der Waals surface area contributed by atoms with Gasteiger partial charge >= 0.3 is 0 Å². The van der Waals surface area contributed by atoms with Crippen molar-refractivity contribution < 1.29 is 9.59 Å². The summed E-state index contributed by atoms with van der Waals surface area (Å²) in [4.78, 5) is 32.0. The molecule has 1 aromatic heterocycles. The molecule has 3 N–H and O–H groups in total. The first-order valence-electron chi connectivity index (χ1n) is 8.21. The molecule has 0 aromatic carbocycles. The molecule has 0 saturated carbocycles. The lowest BCUT2D eigenvalue weighted by atomic mass is 9.98. The molecule has 0 radical (unpaired) electrons. The highest BCUT2D eigenvalue weighted by atomic mass is 32.1. The molecule has 2 rings (SSSR count). The number of carbonyl (C=O) groups is 2. The molecule has 1 fully saturated rings. The standard InChI is InChI=1S/C16H27N5O2S/c1-16(2,3)15-19-12(11-24-15)10-20-4-6-21(7-5-20)14(23)9-18-13(22)8-17/h11H,4-10,17H2,1-3H3,(H,18,22). The maximum atomic E-state index is 12.0. The van der Waals surface area contributed by atoms with Crippen molar-refractivity contribution in [2.24, 2.45) is 5.73 Å². The quantitative estimate of drug-likeness (QED) is 0.787. The van der Waals surface area contributed by atoms with Gasteiger partial charge in [0.2, 0.25) is 11.8 Å². The first-order valence-corrected chi connectivity index (χ1v) is 9.09. The Bertz CT molecular complexity index is 573. The molecule has 1 aliphatic rings. The van der Waals surface area contributed by atoms with E-state index in [1.54, 1.807) is 16.2 Å². The Labute approximate surface area is 147 Å². The topological polar surface area (TPSA) is 91.6 Å². The summed E-state index contributed by atoms with van der Waals surface area (Å²) in [5, 5.41) is 5.80. The summed E-state index contributed by atoms with van der Waals surface area (Å²) in [7, 11) is 0. The molecule has 2 heterocycles. The van der Waals surface area contributed by atoms with E-state index in [1.807, 2.05) is 0 Å². The maximum Gasteiger partial charge on any atom is 0.242 e. The molecule has 134 valence electrons. The van der Waals surface area contributed by atoms with E-state index in [9.17, 15) is 9.59 Å². The summed E-state index contributed by atoms with van der Waals surface area (Å²) >= 11 is 1.71. The zero-order chi connectivity index (χ0) is 17.7. The molecule has 1 saturated heterocycles. The van der Waals surface area contributed by atoms with E-state index in [0.717, 1.165) is 30.3 Å². The van der Waals surface area contributed by atoms with Crippen LogP contribution in [-0.4, -0.2) is 65.9 Å². The van der Waals surface area contributed by atoms with Crippen LogP contribution in [0, 0.1) is 0 Å². The fourth-order valence-corrected chi connectivity index (χ4v) is 3.37. The SMILES string of the molecule is CC(C)(C)c1nc(CN2CCN(C(=O)CNC(=O)CN)CC2)cs1. The lowest BCUT2D eigenvalue weighted by molar-refractivity contribution is -0.134. The molecule has 8 heteroatoms. The van der Waals surface area contributed by atoms with Gasteiger partial charge in [0.25, 0.3) is 0 Å². The highest BCUT2D eigenvalue weighted by Crippen LogP contribution is 2.26. The van der Waals surface area contributed by atoms with Crippen molar-refractivity contribution >= 4 is 23.2 Å². The minimum atomic E-state index is -0.305. The van der Waals surface area contributed by atoms with Crippen molar-refractivity contribution in [1.82, 2.24) is 20.1 Å². The van der Waals surface area contributed by atoms with Crippen molar-refractivity contribution in [2.45, 2.75) is 32.7 Å². The Morgan fingerprint density at radius 3 is 2.50 bits per heavy atom. The normalized spacial score (nSPS) is 16.2. The van der Waals surface area contributed by atoms with Gasteiger partial charge < -0.3 is 16.0 Å². The van der Waals surface area contributed by atoms with Crippen LogP contribution in [0.4, 0.5) is 0 Å². The molecule has 0 unspecified atom stereocenters. The first kappa shape index (κ1) is 18.8. The van der Waals surface area contributed by atoms with Crippen molar-refractivity contribution in [3.8, 4) is 0 Å². The number of hydrogen-bond donors (Lipinski definition) is 2. The third kappa shape index (κ3) is 5.25. The number of piperazine rings is 1. The summed E-state index contributed by atoms with van der Waals surface area (Å²) in [5.74, 6) is -0.361. The Morgan fingerprint density at radius 2 is 1.96 bits per heavy atom. The predicted molar refractivity (Wildman–Crippen MR) is 94.7 cm³/mol. The number of rotatable bonds is 5. The van der Waals surface area contributed by atoms with Gasteiger partial charge in [-0.25, -0.2) is 4.98 Å². The van der Waals surface area contributed by atoms with Crippen LogP contribution in [0.3, 0.4) is 0 Å². The van der Waals surface area contributed by atoms with E-state index < -0.39 is 0 Å². The first-order chi connectivity index (χ1) is 11.3. The van der Waals surface area contributed by atoms with E-state index in [1.165, 1.54) is 0 Å². The van der Waals surface area contributed by atoms with Crippen LogP contribution in [-0.2, 0) is 21.5 Å². The second-order valence-electron chi connectivity index (χ2n) is 7.03. The van der Waals surface area contributed by atoms with Gasteiger partial charge in [-0.3, -0.25) is 14.5 Å². The van der Waals surface area contributed by atoms with Crippen LogP contribution in [0.2, 0.25) is 0 Å². The number of nitrogens with one attached hydrogen (secondary N) is 1. The van der Waals surface area contributed by atoms with Gasteiger partial charge in [0, 0.05) is 43.5 Å². The minimum Gasteiger partial charge on any atom is -0.346 e. The molecular formula is C16H27N5O2S. The second kappa shape index (κ2) is 8.04. The number of nitrogens with zero attached hydrogens (tertiary/aromatic N) is 3. The zero-order valence-corrected chi connectivity index (χ0v) is 15.5.